The molecule has 0 aliphatic heterocycles. The van der Waals surface area contributed by atoms with Crippen molar-refractivity contribution in [1.82, 2.24) is 0 Å². The molecule has 0 radical (unpaired) electrons. The Bertz CT molecular complexity index is 1040. The van der Waals surface area contributed by atoms with Crippen molar-refractivity contribution in [2.75, 3.05) is 6.61 Å². The molecular formula is C18H11Cl3O4. The van der Waals surface area contributed by atoms with Crippen LogP contribution in [0.15, 0.2) is 45.6 Å². The summed E-state index contributed by atoms with van der Waals surface area (Å²) in [5, 5.41) is 1.68. The molecule has 7 heteroatoms. The number of aryl methyl sites for hydroxylation is 1. The molecule has 2 aromatic carbocycles. The number of Topliss-reactive ketones (excluding diaryl/α,β-unsaturated/α-hetero) is 1. The Morgan fingerprint density at radius 3 is 2.56 bits per heavy atom. The van der Waals surface area contributed by atoms with Crippen molar-refractivity contribution in [2.45, 2.75) is 6.92 Å². The number of carbonyl (C=O) groups excluding carboxylic acids is 1. The van der Waals surface area contributed by atoms with E-state index >= 15 is 0 Å². The van der Waals surface area contributed by atoms with Crippen LogP contribution in [-0.4, -0.2) is 12.4 Å². The first-order valence-corrected chi connectivity index (χ1v) is 8.33. The largest absolute Gasteiger partial charge is 0.484 e. The predicted molar refractivity (Wildman–Crippen MR) is 98.5 cm³/mol. The maximum absolute atomic E-state index is 12.3. The number of carbonyl (C=O) groups is 1. The van der Waals surface area contributed by atoms with Gasteiger partial charge in [0.15, 0.2) is 6.61 Å². The topological polar surface area (TPSA) is 56.5 Å². The van der Waals surface area contributed by atoms with Crippen molar-refractivity contribution in [1.29, 1.82) is 0 Å². The first-order valence-electron chi connectivity index (χ1n) is 7.20. The molecule has 0 unspecified atom stereocenters. The zero-order valence-corrected chi connectivity index (χ0v) is 15.2. The van der Waals surface area contributed by atoms with Gasteiger partial charge in [-0.2, -0.15) is 0 Å². The third kappa shape index (κ3) is 3.82. The summed E-state index contributed by atoms with van der Waals surface area (Å²) in [6.45, 7) is 1.50. The monoisotopic (exact) mass is 396 g/mol. The normalized spacial score (nSPS) is 10.9. The molecule has 1 aromatic heterocycles. The molecule has 0 aliphatic rings. The summed E-state index contributed by atoms with van der Waals surface area (Å²) in [4.78, 5) is 23.8. The molecule has 25 heavy (non-hydrogen) atoms. The van der Waals surface area contributed by atoms with Crippen LogP contribution in [0.5, 0.6) is 5.75 Å². The average molecular weight is 398 g/mol. The minimum absolute atomic E-state index is 0.237. The van der Waals surface area contributed by atoms with E-state index in [0.29, 0.717) is 26.6 Å². The van der Waals surface area contributed by atoms with Crippen molar-refractivity contribution in [2.24, 2.45) is 0 Å². The molecule has 1 heterocycles. The highest BCUT2D eigenvalue weighted by molar-refractivity contribution is 6.37. The summed E-state index contributed by atoms with van der Waals surface area (Å²) in [6.07, 6.45) is 0. The van der Waals surface area contributed by atoms with E-state index in [9.17, 15) is 9.59 Å². The van der Waals surface area contributed by atoms with E-state index in [2.05, 4.69) is 0 Å². The summed E-state index contributed by atoms with van der Waals surface area (Å²) >= 11 is 18.0. The Labute approximate surface area is 157 Å². The van der Waals surface area contributed by atoms with E-state index in [0.717, 1.165) is 5.56 Å². The molecule has 128 valence electrons. The molecule has 0 atom stereocenters. The quantitative estimate of drug-likeness (QED) is 0.441. The lowest BCUT2D eigenvalue weighted by Crippen LogP contribution is -2.12. The number of ketones is 1. The van der Waals surface area contributed by atoms with Crippen LogP contribution in [0, 0.1) is 6.92 Å². The zero-order valence-electron chi connectivity index (χ0n) is 12.9. The minimum atomic E-state index is -0.470. The van der Waals surface area contributed by atoms with Crippen molar-refractivity contribution in [3.63, 3.8) is 0 Å². The Morgan fingerprint density at radius 2 is 1.84 bits per heavy atom. The molecule has 3 aromatic rings. The lowest BCUT2D eigenvalue weighted by atomic mass is 10.1. The molecule has 0 aliphatic carbocycles. The van der Waals surface area contributed by atoms with E-state index in [4.69, 9.17) is 44.0 Å². The standard InChI is InChI=1S/C18H11Cl3O4/c1-9-4-18(23)25-16-7-17(14(21)6-12(9)16)24-8-15(22)11-3-2-10(19)5-13(11)20/h2-7H,8H2,1H3. The van der Waals surface area contributed by atoms with Crippen LogP contribution >= 0.6 is 34.8 Å². The van der Waals surface area contributed by atoms with Gasteiger partial charge < -0.3 is 9.15 Å². The second kappa shape index (κ2) is 7.08. The lowest BCUT2D eigenvalue weighted by molar-refractivity contribution is 0.0922. The van der Waals surface area contributed by atoms with Gasteiger partial charge in [0, 0.05) is 28.1 Å². The Hall–Kier alpha value is -2.01. The fourth-order valence-electron chi connectivity index (χ4n) is 2.37. The molecule has 0 fully saturated rings. The van der Waals surface area contributed by atoms with Crippen molar-refractivity contribution in [3.05, 3.63) is 73.0 Å². The fraction of sp³-hybridized carbons (Fsp3) is 0.111. The third-order valence-corrected chi connectivity index (χ3v) is 4.44. The van der Waals surface area contributed by atoms with Gasteiger partial charge in [0.2, 0.25) is 5.78 Å². The fourth-order valence-corrected chi connectivity index (χ4v) is 3.10. The van der Waals surface area contributed by atoms with Crippen LogP contribution in [0.1, 0.15) is 15.9 Å². The van der Waals surface area contributed by atoms with E-state index in [1.54, 1.807) is 19.1 Å². The number of hydrogen-bond acceptors (Lipinski definition) is 4. The van der Waals surface area contributed by atoms with E-state index in [1.165, 1.54) is 24.3 Å². The summed E-state index contributed by atoms with van der Waals surface area (Å²) in [7, 11) is 0. The molecule has 0 N–H and O–H groups in total. The van der Waals surface area contributed by atoms with Gasteiger partial charge >= 0.3 is 5.63 Å². The van der Waals surface area contributed by atoms with Gasteiger partial charge in [-0.15, -0.1) is 0 Å². The van der Waals surface area contributed by atoms with E-state index in [-0.39, 0.29) is 23.2 Å². The number of fused-ring (bicyclic) bond motifs is 1. The lowest BCUT2D eigenvalue weighted by Gasteiger charge is -2.10. The third-order valence-electron chi connectivity index (χ3n) is 3.59. The predicted octanol–water partition coefficient (Wildman–Crippen LogP) is 5.32. The number of ether oxygens (including phenoxy) is 1. The van der Waals surface area contributed by atoms with Gasteiger partial charge in [0.25, 0.3) is 0 Å². The molecule has 4 nitrogen and oxygen atoms in total. The molecular weight excluding hydrogens is 387 g/mol. The van der Waals surface area contributed by atoms with Gasteiger partial charge in [-0.05, 0) is 36.8 Å². The second-order valence-corrected chi connectivity index (χ2v) is 6.61. The average Bonchev–Trinajstić information content (AvgIpc) is 2.53. The van der Waals surface area contributed by atoms with Crippen LogP contribution in [-0.2, 0) is 0 Å². The summed E-state index contributed by atoms with van der Waals surface area (Å²) < 4.78 is 10.6. The van der Waals surface area contributed by atoms with Crippen LogP contribution in [0.25, 0.3) is 11.0 Å². The number of hydrogen-bond donors (Lipinski definition) is 0. The van der Waals surface area contributed by atoms with Crippen LogP contribution in [0.2, 0.25) is 15.1 Å². The maximum atomic E-state index is 12.3. The maximum Gasteiger partial charge on any atom is 0.336 e. The van der Waals surface area contributed by atoms with Crippen LogP contribution in [0.4, 0.5) is 0 Å². The highest BCUT2D eigenvalue weighted by Crippen LogP contribution is 2.31. The molecule has 0 spiro atoms. The SMILES string of the molecule is Cc1cc(=O)oc2cc(OCC(=O)c3ccc(Cl)cc3Cl)c(Cl)cc12. The first kappa shape index (κ1) is 17.8. The highest BCUT2D eigenvalue weighted by Gasteiger charge is 2.14. The first-order chi connectivity index (χ1) is 11.8. The summed E-state index contributed by atoms with van der Waals surface area (Å²) in [5.41, 5.74) is 0.901. The highest BCUT2D eigenvalue weighted by atomic mass is 35.5. The number of halogens is 3. The van der Waals surface area contributed by atoms with Crippen molar-refractivity contribution >= 4 is 51.6 Å². The number of rotatable bonds is 4. The summed E-state index contributed by atoms with van der Waals surface area (Å²) in [5.74, 6) is -0.0927. The molecule has 0 saturated heterocycles. The zero-order chi connectivity index (χ0) is 18.1. The van der Waals surface area contributed by atoms with E-state index < -0.39 is 5.63 Å². The summed E-state index contributed by atoms with van der Waals surface area (Å²) in [6, 6.07) is 9.08. The van der Waals surface area contributed by atoms with Crippen LogP contribution < -0.4 is 10.4 Å². The van der Waals surface area contributed by atoms with Crippen molar-refractivity contribution in [3.8, 4) is 5.75 Å². The van der Waals surface area contributed by atoms with Gasteiger partial charge in [-0.25, -0.2) is 4.79 Å². The molecule has 0 bridgehead atoms. The van der Waals surface area contributed by atoms with Gasteiger partial charge in [-0.3, -0.25) is 4.79 Å². The van der Waals surface area contributed by atoms with Gasteiger partial charge in [0.1, 0.15) is 11.3 Å². The Kier molecular flexibility index (Phi) is 5.04. The molecule has 0 saturated carbocycles. The van der Waals surface area contributed by atoms with Crippen LogP contribution in [0.3, 0.4) is 0 Å². The Balaban J connectivity index is 1.86. The molecule has 0 amide bonds. The minimum Gasteiger partial charge on any atom is -0.484 e. The van der Waals surface area contributed by atoms with Gasteiger partial charge in [-0.1, -0.05) is 34.8 Å². The smallest absolute Gasteiger partial charge is 0.336 e. The Morgan fingerprint density at radius 1 is 1.08 bits per heavy atom. The van der Waals surface area contributed by atoms with Gasteiger partial charge in [0.05, 0.1) is 10.0 Å². The number of benzene rings is 2. The molecule has 3 rings (SSSR count). The second-order valence-electron chi connectivity index (χ2n) is 5.36. The van der Waals surface area contributed by atoms with Crippen molar-refractivity contribution < 1.29 is 13.9 Å². The van der Waals surface area contributed by atoms with E-state index in [1.807, 2.05) is 0 Å².